The lowest BCUT2D eigenvalue weighted by atomic mass is 10.0. The highest BCUT2D eigenvalue weighted by Gasteiger charge is 2.18. The smallest absolute Gasteiger partial charge is 0.135 e. The van der Waals surface area contributed by atoms with Crippen LogP contribution in [0.25, 0.3) is 0 Å². The van der Waals surface area contributed by atoms with Crippen molar-refractivity contribution in [1.29, 1.82) is 0 Å². The lowest BCUT2D eigenvalue weighted by Crippen LogP contribution is -2.03. The molecule has 2 aromatic rings. The quantitative estimate of drug-likeness (QED) is 0.911. The summed E-state index contributed by atoms with van der Waals surface area (Å²) in [4.78, 5) is 1.10. The highest BCUT2D eigenvalue weighted by molar-refractivity contribution is 7.10. The lowest BCUT2D eigenvalue weighted by Gasteiger charge is -2.13. The van der Waals surface area contributed by atoms with Crippen molar-refractivity contribution in [3.05, 3.63) is 45.6 Å². The van der Waals surface area contributed by atoms with Crippen molar-refractivity contribution in [2.24, 2.45) is 0 Å². The molecular weight excluding hydrogens is 260 g/mol. The Bertz CT molecular complexity index is 531. The van der Waals surface area contributed by atoms with Crippen LogP contribution in [0.3, 0.4) is 0 Å². The molecule has 0 saturated carbocycles. The Labute approximate surface area is 117 Å². The maximum absolute atomic E-state index is 10.4. The maximum atomic E-state index is 10.4. The van der Waals surface area contributed by atoms with E-state index < -0.39 is 6.10 Å². The minimum absolute atomic E-state index is 0.547. The summed E-state index contributed by atoms with van der Waals surface area (Å²) in [7, 11) is 3.27. The Morgan fingerprint density at radius 3 is 2.42 bits per heavy atom. The summed E-state index contributed by atoms with van der Waals surface area (Å²) >= 11 is 1.60. The molecule has 1 heterocycles. The minimum Gasteiger partial charge on any atom is -0.497 e. The molecule has 0 saturated heterocycles. The van der Waals surface area contributed by atoms with E-state index >= 15 is 0 Å². The van der Waals surface area contributed by atoms with Crippen molar-refractivity contribution in [2.45, 2.75) is 19.4 Å². The van der Waals surface area contributed by atoms with Gasteiger partial charge >= 0.3 is 0 Å². The number of rotatable bonds is 5. The average molecular weight is 278 g/mol. The third-order valence-electron chi connectivity index (χ3n) is 3.13. The number of hydrogen-bond donors (Lipinski definition) is 1. The normalized spacial score (nSPS) is 12.2. The van der Waals surface area contributed by atoms with E-state index in [0.29, 0.717) is 6.42 Å². The van der Waals surface area contributed by atoms with Crippen molar-refractivity contribution in [3.8, 4) is 11.5 Å². The van der Waals surface area contributed by atoms with Gasteiger partial charge in [0.15, 0.2) is 0 Å². The van der Waals surface area contributed by atoms with Crippen molar-refractivity contribution >= 4 is 11.3 Å². The van der Waals surface area contributed by atoms with Crippen LogP contribution < -0.4 is 9.47 Å². The van der Waals surface area contributed by atoms with E-state index in [1.54, 1.807) is 25.6 Å². The molecule has 3 nitrogen and oxygen atoms in total. The summed E-state index contributed by atoms with van der Waals surface area (Å²) in [5.41, 5.74) is 1.96. The Morgan fingerprint density at radius 2 is 1.84 bits per heavy atom. The fraction of sp³-hybridized carbons (Fsp3) is 0.333. The van der Waals surface area contributed by atoms with Crippen molar-refractivity contribution in [3.63, 3.8) is 0 Å². The van der Waals surface area contributed by atoms with Gasteiger partial charge in [0.2, 0.25) is 0 Å². The predicted molar refractivity (Wildman–Crippen MR) is 77.3 cm³/mol. The summed E-state index contributed by atoms with van der Waals surface area (Å²) in [5.74, 6) is 1.59. The number of benzene rings is 1. The molecule has 0 fully saturated rings. The lowest BCUT2D eigenvalue weighted by molar-refractivity contribution is 0.174. The molecule has 0 bridgehead atoms. The topological polar surface area (TPSA) is 38.7 Å². The monoisotopic (exact) mass is 278 g/mol. The SMILES string of the molecule is COc1ccc(CC(O)c2c(OC)csc2C)cc1. The molecule has 0 radical (unpaired) electrons. The molecule has 19 heavy (non-hydrogen) atoms. The van der Waals surface area contributed by atoms with E-state index in [-0.39, 0.29) is 0 Å². The fourth-order valence-electron chi connectivity index (χ4n) is 2.09. The van der Waals surface area contributed by atoms with Crippen molar-refractivity contribution < 1.29 is 14.6 Å². The first-order valence-corrected chi connectivity index (χ1v) is 6.96. The largest absolute Gasteiger partial charge is 0.497 e. The van der Waals surface area contributed by atoms with Crippen LogP contribution in [0.5, 0.6) is 11.5 Å². The fourth-order valence-corrected chi connectivity index (χ4v) is 2.96. The van der Waals surface area contributed by atoms with Crippen LogP contribution in [0.4, 0.5) is 0 Å². The van der Waals surface area contributed by atoms with Crippen LogP contribution >= 0.6 is 11.3 Å². The van der Waals surface area contributed by atoms with E-state index in [1.807, 2.05) is 36.6 Å². The van der Waals surface area contributed by atoms with Gasteiger partial charge in [-0.3, -0.25) is 0 Å². The molecule has 1 aromatic carbocycles. The second-order valence-corrected chi connectivity index (χ2v) is 5.43. The number of hydrogen-bond acceptors (Lipinski definition) is 4. The van der Waals surface area contributed by atoms with Gasteiger partial charge in [-0.15, -0.1) is 11.3 Å². The highest BCUT2D eigenvalue weighted by Crippen LogP contribution is 2.35. The number of aliphatic hydroxyl groups is 1. The first-order chi connectivity index (χ1) is 9.15. The predicted octanol–water partition coefficient (Wildman–Crippen LogP) is 3.35. The molecule has 0 aliphatic rings. The molecule has 1 atom stereocenters. The van der Waals surface area contributed by atoms with Gasteiger partial charge in [0.25, 0.3) is 0 Å². The Morgan fingerprint density at radius 1 is 1.16 bits per heavy atom. The summed E-state index contributed by atoms with van der Waals surface area (Å²) in [6.07, 6.45) is 0.0207. The zero-order valence-electron chi connectivity index (χ0n) is 11.3. The van der Waals surface area contributed by atoms with Gasteiger partial charge in [-0.05, 0) is 24.6 Å². The molecule has 1 aromatic heterocycles. The highest BCUT2D eigenvalue weighted by atomic mass is 32.1. The van der Waals surface area contributed by atoms with Crippen LogP contribution in [0.2, 0.25) is 0 Å². The maximum Gasteiger partial charge on any atom is 0.135 e. The van der Waals surface area contributed by atoms with Gasteiger partial charge in [-0.2, -0.15) is 0 Å². The van der Waals surface area contributed by atoms with Gasteiger partial charge in [0.1, 0.15) is 11.5 Å². The zero-order chi connectivity index (χ0) is 13.8. The van der Waals surface area contributed by atoms with Crippen LogP contribution in [-0.4, -0.2) is 19.3 Å². The molecule has 0 aliphatic heterocycles. The van der Waals surface area contributed by atoms with Crippen LogP contribution in [0.1, 0.15) is 22.1 Å². The minimum atomic E-state index is -0.547. The van der Waals surface area contributed by atoms with E-state index in [1.165, 1.54) is 0 Å². The second kappa shape index (κ2) is 6.08. The first kappa shape index (κ1) is 13.9. The van der Waals surface area contributed by atoms with Gasteiger partial charge in [0.05, 0.1) is 20.3 Å². The van der Waals surface area contributed by atoms with Gasteiger partial charge in [-0.1, -0.05) is 12.1 Å². The number of methoxy groups -OCH3 is 2. The second-order valence-electron chi connectivity index (χ2n) is 4.34. The Balaban J connectivity index is 2.15. The van der Waals surface area contributed by atoms with Crippen molar-refractivity contribution in [1.82, 2.24) is 0 Å². The Hall–Kier alpha value is -1.52. The number of thiophene rings is 1. The number of aliphatic hydroxyl groups excluding tert-OH is 1. The average Bonchev–Trinajstić information content (AvgIpc) is 2.80. The third-order valence-corrected chi connectivity index (χ3v) is 4.03. The molecule has 0 amide bonds. The first-order valence-electron chi connectivity index (χ1n) is 6.08. The van der Waals surface area contributed by atoms with Gasteiger partial charge in [0, 0.05) is 22.2 Å². The third kappa shape index (κ3) is 3.08. The van der Waals surface area contributed by atoms with E-state index in [9.17, 15) is 5.11 Å². The van der Waals surface area contributed by atoms with Gasteiger partial charge < -0.3 is 14.6 Å². The molecule has 2 rings (SSSR count). The molecule has 102 valence electrons. The van der Waals surface area contributed by atoms with Crippen molar-refractivity contribution in [2.75, 3.05) is 14.2 Å². The number of aryl methyl sites for hydroxylation is 1. The van der Waals surface area contributed by atoms with Crippen LogP contribution in [-0.2, 0) is 6.42 Å². The molecule has 0 aliphatic carbocycles. The van der Waals surface area contributed by atoms with Crippen LogP contribution in [0, 0.1) is 6.92 Å². The summed E-state index contributed by atoms with van der Waals surface area (Å²) in [6.45, 7) is 2.00. The molecule has 1 unspecified atom stereocenters. The van der Waals surface area contributed by atoms with E-state index in [2.05, 4.69) is 0 Å². The van der Waals surface area contributed by atoms with E-state index in [0.717, 1.165) is 27.5 Å². The molecular formula is C15H18O3S. The Kier molecular flexibility index (Phi) is 4.45. The van der Waals surface area contributed by atoms with Gasteiger partial charge in [-0.25, -0.2) is 0 Å². The zero-order valence-corrected chi connectivity index (χ0v) is 12.2. The molecule has 1 N–H and O–H groups in total. The molecule has 4 heteroatoms. The standard InChI is InChI=1S/C15H18O3S/c1-10-15(14(18-3)9-19-10)13(16)8-11-4-6-12(17-2)7-5-11/h4-7,9,13,16H,8H2,1-3H3. The summed E-state index contributed by atoms with van der Waals surface area (Å²) in [5, 5.41) is 12.3. The summed E-state index contributed by atoms with van der Waals surface area (Å²) < 4.78 is 10.4. The summed E-state index contributed by atoms with van der Waals surface area (Å²) in [6, 6.07) is 7.74. The number of ether oxygens (including phenoxy) is 2. The molecule has 0 spiro atoms. The van der Waals surface area contributed by atoms with Crippen LogP contribution in [0.15, 0.2) is 29.6 Å². The van der Waals surface area contributed by atoms with E-state index in [4.69, 9.17) is 9.47 Å².